The van der Waals surface area contributed by atoms with Gasteiger partial charge in [0.25, 0.3) is 5.91 Å². The Bertz CT molecular complexity index is 651. The second kappa shape index (κ2) is 5.82. The summed E-state index contributed by atoms with van der Waals surface area (Å²) in [5, 5.41) is 11.0. The number of para-hydroxylation sites is 1. The van der Waals surface area contributed by atoms with E-state index in [9.17, 15) is 9.90 Å². The molecule has 1 amide bonds. The van der Waals surface area contributed by atoms with E-state index in [1.165, 1.54) is 0 Å². The van der Waals surface area contributed by atoms with E-state index in [4.69, 9.17) is 0 Å². The van der Waals surface area contributed by atoms with E-state index in [0.717, 1.165) is 36.6 Å². The maximum atomic E-state index is 12.8. The van der Waals surface area contributed by atoms with E-state index in [-0.39, 0.29) is 11.9 Å². The molecule has 1 fully saturated rings. The second-order valence-corrected chi connectivity index (χ2v) is 5.71. The number of carbonyl (C=O) groups excluding carboxylic acids is 1. The van der Waals surface area contributed by atoms with E-state index in [2.05, 4.69) is 4.98 Å². The molecule has 0 aliphatic heterocycles. The van der Waals surface area contributed by atoms with Crippen LogP contribution < -0.4 is 0 Å². The molecule has 1 aliphatic rings. The van der Waals surface area contributed by atoms with Crippen LogP contribution in [0.25, 0.3) is 10.9 Å². The fraction of sp³-hybridized carbons (Fsp3) is 0.412. The first-order valence-corrected chi connectivity index (χ1v) is 7.47. The topological polar surface area (TPSA) is 53.4 Å². The molecule has 0 saturated heterocycles. The number of benzene rings is 1. The Hall–Kier alpha value is -1.94. The minimum absolute atomic E-state index is 0.0421. The highest BCUT2D eigenvalue weighted by atomic mass is 16.3. The number of amides is 1. The van der Waals surface area contributed by atoms with Crippen molar-refractivity contribution in [1.29, 1.82) is 0 Å². The predicted octanol–water partition coefficient (Wildman–Crippen LogP) is 2.61. The number of aliphatic hydroxyl groups excluding tert-OH is 1. The molecule has 0 radical (unpaired) electrons. The quantitative estimate of drug-likeness (QED) is 0.922. The van der Waals surface area contributed by atoms with Crippen LogP contribution >= 0.6 is 0 Å². The zero-order chi connectivity index (χ0) is 14.8. The lowest BCUT2D eigenvalue weighted by atomic mass is 9.91. The van der Waals surface area contributed by atoms with Crippen molar-refractivity contribution < 1.29 is 9.90 Å². The molecular formula is C17H20N2O2. The number of likely N-dealkylation sites (N-methyl/N-ethyl adjacent to an activating group) is 1. The SMILES string of the molecule is CN(C(=O)c1ccnc2ccccc12)C1CCCCC1O. The van der Waals surface area contributed by atoms with Gasteiger partial charge < -0.3 is 10.0 Å². The van der Waals surface area contributed by atoms with Crippen LogP contribution in [-0.2, 0) is 0 Å². The van der Waals surface area contributed by atoms with E-state index >= 15 is 0 Å². The number of nitrogens with zero attached hydrogens (tertiary/aromatic N) is 2. The van der Waals surface area contributed by atoms with Gasteiger partial charge in [0.2, 0.25) is 0 Å². The van der Waals surface area contributed by atoms with Crippen LogP contribution in [-0.4, -0.2) is 40.1 Å². The van der Waals surface area contributed by atoms with Crippen LogP contribution in [0.1, 0.15) is 36.0 Å². The van der Waals surface area contributed by atoms with Crippen LogP contribution in [0.4, 0.5) is 0 Å². The van der Waals surface area contributed by atoms with Gasteiger partial charge in [-0.25, -0.2) is 0 Å². The molecule has 2 atom stereocenters. The summed E-state index contributed by atoms with van der Waals surface area (Å²) < 4.78 is 0. The van der Waals surface area contributed by atoms with Gasteiger partial charge in [0.1, 0.15) is 0 Å². The summed E-state index contributed by atoms with van der Waals surface area (Å²) in [7, 11) is 1.79. The molecule has 4 nitrogen and oxygen atoms in total. The molecule has 1 aromatic heterocycles. The van der Waals surface area contributed by atoms with Crippen molar-refractivity contribution in [3.8, 4) is 0 Å². The zero-order valence-electron chi connectivity index (χ0n) is 12.2. The third kappa shape index (κ3) is 2.63. The molecule has 1 aromatic carbocycles. The van der Waals surface area contributed by atoms with Gasteiger partial charge in [-0.2, -0.15) is 0 Å². The van der Waals surface area contributed by atoms with Gasteiger partial charge in [-0.15, -0.1) is 0 Å². The normalized spacial score (nSPS) is 22.2. The summed E-state index contributed by atoms with van der Waals surface area (Å²) in [5.74, 6) is -0.0421. The van der Waals surface area contributed by atoms with Crippen molar-refractivity contribution in [3.05, 3.63) is 42.1 Å². The summed E-state index contributed by atoms with van der Waals surface area (Å²) in [5.41, 5.74) is 1.47. The highest BCUT2D eigenvalue weighted by molar-refractivity contribution is 6.05. The van der Waals surface area contributed by atoms with Crippen molar-refractivity contribution >= 4 is 16.8 Å². The van der Waals surface area contributed by atoms with Gasteiger partial charge in [-0.1, -0.05) is 31.0 Å². The Morgan fingerprint density at radius 3 is 2.81 bits per heavy atom. The number of fused-ring (bicyclic) bond motifs is 1. The fourth-order valence-electron chi connectivity index (χ4n) is 3.17. The van der Waals surface area contributed by atoms with E-state index < -0.39 is 6.10 Å². The van der Waals surface area contributed by atoms with Gasteiger partial charge >= 0.3 is 0 Å². The van der Waals surface area contributed by atoms with Crippen LogP contribution in [0.2, 0.25) is 0 Å². The summed E-state index contributed by atoms with van der Waals surface area (Å²) in [6.07, 6.45) is 5.00. The monoisotopic (exact) mass is 284 g/mol. The molecule has 110 valence electrons. The van der Waals surface area contributed by atoms with Crippen molar-refractivity contribution in [2.45, 2.75) is 37.8 Å². The molecule has 1 heterocycles. The number of pyridine rings is 1. The molecule has 0 spiro atoms. The van der Waals surface area contributed by atoms with Crippen molar-refractivity contribution in [1.82, 2.24) is 9.88 Å². The Balaban J connectivity index is 1.93. The largest absolute Gasteiger partial charge is 0.391 e. The summed E-state index contributed by atoms with van der Waals surface area (Å²) in [6, 6.07) is 9.32. The number of hydrogen-bond acceptors (Lipinski definition) is 3. The van der Waals surface area contributed by atoms with Crippen LogP contribution in [0.5, 0.6) is 0 Å². The Labute approximate surface area is 124 Å². The average Bonchev–Trinajstić information content (AvgIpc) is 2.53. The first kappa shape index (κ1) is 14.0. The second-order valence-electron chi connectivity index (χ2n) is 5.71. The third-order valence-electron chi connectivity index (χ3n) is 4.39. The van der Waals surface area contributed by atoms with Gasteiger partial charge in [0.15, 0.2) is 0 Å². The smallest absolute Gasteiger partial charge is 0.254 e. The highest BCUT2D eigenvalue weighted by Gasteiger charge is 2.30. The molecule has 4 heteroatoms. The highest BCUT2D eigenvalue weighted by Crippen LogP contribution is 2.25. The minimum atomic E-state index is -0.416. The Morgan fingerprint density at radius 2 is 2.00 bits per heavy atom. The lowest BCUT2D eigenvalue weighted by Crippen LogP contribution is -2.46. The molecule has 1 aliphatic carbocycles. The van der Waals surface area contributed by atoms with E-state index in [0.29, 0.717) is 5.56 Å². The molecule has 2 unspecified atom stereocenters. The molecule has 3 rings (SSSR count). The van der Waals surface area contributed by atoms with Crippen LogP contribution in [0, 0.1) is 0 Å². The molecule has 21 heavy (non-hydrogen) atoms. The van der Waals surface area contributed by atoms with Gasteiger partial charge in [-0.05, 0) is 25.0 Å². The number of aromatic nitrogens is 1. The summed E-state index contributed by atoms with van der Waals surface area (Å²) in [6.45, 7) is 0. The number of hydrogen-bond donors (Lipinski definition) is 1. The van der Waals surface area contributed by atoms with Crippen LogP contribution in [0.15, 0.2) is 36.5 Å². The lowest BCUT2D eigenvalue weighted by molar-refractivity contribution is 0.0269. The predicted molar refractivity (Wildman–Crippen MR) is 82.1 cm³/mol. The van der Waals surface area contributed by atoms with Crippen molar-refractivity contribution in [3.63, 3.8) is 0 Å². The first-order valence-electron chi connectivity index (χ1n) is 7.47. The summed E-state index contributed by atoms with van der Waals surface area (Å²) in [4.78, 5) is 18.8. The van der Waals surface area contributed by atoms with Crippen molar-refractivity contribution in [2.75, 3.05) is 7.05 Å². The van der Waals surface area contributed by atoms with E-state index in [1.54, 1.807) is 24.2 Å². The molecule has 2 aromatic rings. The fourth-order valence-corrected chi connectivity index (χ4v) is 3.17. The standard InChI is InChI=1S/C17H20N2O2/c1-19(15-8-4-5-9-16(15)20)17(21)13-10-11-18-14-7-3-2-6-12(13)14/h2-3,6-7,10-11,15-16,20H,4-5,8-9H2,1H3. The molecule has 1 N–H and O–H groups in total. The van der Waals surface area contributed by atoms with Crippen molar-refractivity contribution in [2.24, 2.45) is 0 Å². The number of carbonyl (C=O) groups is 1. The summed E-state index contributed by atoms with van der Waals surface area (Å²) >= 11 is 0. The first-order chi connectivity index (χ1) is 10.2. The van der Waals surface area contributed by atoms with Gasteiger partial charge in [0.05, 0.1) is 23.2 Å². The number of rotatable bonds is 2. The number of aliphatic hydroxyl groups is 1. The van der Waals surface area contributed by atoms with Gasteiger partial charge in [-0.3, -0.25) is 9.78 Å². The average molecular weight is 284 g/mol. The Morgan fingerprint density at radius 1 is 1.24 bits per heavy atom. The van der Waals surface area contributed by atoms with Gasteiger partial charge in [0, 0.05) is 18.6 Å². The maximum absolute atomic E-state index is 12.8. The maximum Gasteiger partial charge on any atom is 0.254 e. The van der Waals surface area contributed by atoms with Crippen LogP contribution in [0.3, 0.4) is 0 Å². The molecular weight excluding hydrogens is 264 g/mol. The zero-order valence-corrected chi connectivity index (χ0v) is 12.2. The lowest BCUT2D eigenvalue weighted by Gasteiger charge is -2.35. The molecule has 1 saturated carbocycles. The van der Waals surface area contributed by atoms with E-state index in [1.807, 2.05) is 24.3 Å². The minimum Gasteiger partial charge on any atom is -0.391 e. The Kier molecular flexibility index (Phi) is 3.88. The molecule has 0 bridgehead atoms. The third-order valence-corrected chi connectivity index (χ3v) is 4.39.